The average Bonchev–Trinajstić information content (AvgIpc) is 2.37. The van der Waals surface area contributed by atoms with Gasteiger partial charge in [0.1, 0.15) is 5.75 Å². The number of hydrogen-bond donors (Lipinski definition) is 1. The van der Waals surface area contributed by atoms with Crippen LogP contribution in [0.25, 0.3) is 0 Å². The molecule has 0 bridgehead atoms. The number of benzene rings is 1. The molecule has 1 N–H and O–H groups in total. The van der Waals surface area contributed by atoms with E-state index < -0.39 is 0 Å². The van der Waals surface area contributed by atoms with Gasteiger partial charge >= 0.3 is 0 Å². The minimum Gasteiger partial charge on any atom is -0.493 e. The van der Waals surface area contributed by atoms with Crippen molar-refractivity contribution in [1.82, 2.24) is 5.32 Å². The van der Waals surface area contributed by atoms with Gasteiger partial charge in [-0.1, -0.05) is 26.0 Å². The molecule has 1 rings (SSSR count). The van der Waals surface area contributed by atoms with Crippen LogP contribution in [0.4, 0.5) is 0 Å². The van der Waals surface area contributed by atoms with E-state index >= 15 is 0 Å². The number of nitrogens with one attached hydrogen (secondary N) is 1. The molecular weight excluding hydrogens is 238 g/mol. The molecule has 2 unspecified atom stereocenters. The number of hydrogen-bond acceptors (Lipinski definition) is 3. The van der Waals surface area contributed by atoms with Gasteiger partial charge in [0.15, 0.2) is 0 Å². The van der Waals surface area contributed by atoms with Gasteiger partial charge in [-0.25, -0.2) is 0 Å². The van der Waals surface area contributed by atoms with Crippen molar-refractivity contribution in [2.75, 3.05) is 20.3 Å². The van der Waals surface area contributed by atoms with E-state index in [1.165, 1.54) is 5.56 Å². The van der Waals surface area contributed by atoms with E-state index in [9.17, 15) is 0 Å². The van der Waals surface area contributed by atoms with Gasteiger partial charge in [-0.05, 0) is 37.5 Å². The van der Waals surface area contributed by atoms with Gasteiger partial charge in [-0.2, -0.15) is 0 Å². The van der Waals surface area contributed by atoms with Crippen LogP contribution in [-0.4, -0.2) is 26.4 Å². The van der Waals surface area contributed by atoms with E-state index in [-0.39, 0.29) is 0 Å². The first kappa shape index (κ1) is 16.0. The molecule has 108 valence electrons. The van der Waals surface area contributed by atoms with Crippen molar-refractivity contribution in [3.8, 4) is 5.75 Å². The summed E-state index contributed by atoms with van der Waals surface area (Å²) in [7, 11) is 1.73. The maximum atomic E-state index is 5.68. The van der Waals surface area contributed by atoms with Crippen LogP contribution < -0.4 is 10.1 Å². The molecule has 0 heterocycles. The summed E-state index contributed by atoms with van der Waals surface area (Å²) in [5.74, 6) is 1.49. The van der Waals surface area contributed by atoms with E-state index in [0.29, 0.717) is 18.0 Å². The lowest BCUT2D eigenvalue weighted by Gasteiger charge is -2.20. The Bertz CT molecular complexity index is 348. The first-order valence-electron chi connectivity index (χ1n) is 7.00. The summed E-state index contributed by atoms with van der Waals surface area (Å²) in [6, 6.07) is 8.97. The molecule has 0 aliphatic rings. The summed E-state index contributed by atoms with van der Waals surface area (Å²) in [5.41, 5.74) is 1.26. The predicted molar refractivity (Wildman–Crippen MR) is 79.7 cm³/mol. The summed E-state index contributed by atoms with van der Waals surface area (Å²) in [6.07, 6.45) is 0. The zero-order valence-electron chi connectivity index (χ0n) is 12.8. The van der Waals surface area contributed by atoms with Crippen LogP contribution in [-0.2, 0) is 4.74 Å². The smallest absolute Gasteiger partial charge is 0.119 e. The Morgan fingerprint density at radius 2 is 1.63 bits per heavy atom. The van der Waals surface area contributed by atoms with Crippen LogP contribution in [0.2, 0.25) is 0 Å². The molecule has 0 aliphatic heterocycles. The second kappa shape index (κ2) is 8.18. The molecule has 19 heavy (non-hydrogen) atoms. The molecule has 0 aromatic heterocycles. The minimum atomic E-state index is 0.310. The summed E-state index contributed by atoms with van der Waals surface area (Å²) in [4.78, 5) is 0. The summed E-state index contributed by atoms with van der Waals surface area (Å²) in [6.45, 7) is 10.1. The quantitative estimate of drug-likeness (QED) is 0.781. The second-order valence-electron chi connectivity index (χ2n) is 5.52. The highest BCUT2D eigenvalue weighted by Gasteiger charge is 2.09. The summed E-state index contributed by atoms with van der Waals surface area (Å²) < 4.78 is 10.8. The van der Waals surface area contributed by atoms with Crippen LogP contribution in [0.3, 0.4) is 0 Å². The molecule has 0 aliphatic carbocycles. The van der Waals surface area contributed by atoms with Crippen molar-refractivity contribution in [2.24, 2.45) is 5.92 Å². The SMILES string of the molecule is COCC(C)NC(C)c1ccc(OCC(C)C)cc1. The lowest BCUT2D eigenvalue weighted by Crippen LogP contribution is -2.32. The maximum Gasteiger partial charge on any atom is 0.119 e. The molecule has 2 atom stereocenters. The molecule has 1 aromatic carbocycles. The van der Waals surface area contributed by atoms with Gasteiger partial charge in [0.2, 0.25) is 0 Å². The Labute approximate surface area is 117 Å². The molecule has 1 aromatic rings. The molecule has 0 saturated carbocycles. The highest BCUT2D eigenvalue weighted by molar-refractivity contribution is 5.29. The largest absolute Gasteiger partial charge is 0.493 e. The van der Waals surface area contributed by atoms with Gasteiger partial charge in [0.25, 0.3) is 0 Å². The first-order valence-corrected chi connectivity index (χ1v) is 7.00. The highest BCUT2D eigenvalue weighted by atomic mass is 16.5. The van der Waals surface area contributed by atoms with Crippen LogP contribution in [0.5, 0.6) is 5.75 Å². The van der Waals surface area contributed by atoms with Crippen molar-refractivity contribution < 1.29 is 9.47 Å². The molecule has 0 amide bonds. The Kier molecular flexibility index (Phi) is 6.89. The van der Waals surface area contributed by atoms with E-state index in [1.54, 1.807) is 7.11 Å². The minimum absolute atomic E-state index is 0.310. The Balaban J connectivity index is 2.50. The van der Waals surface area contributed by atoms with Gasteiger partial charge in [-0.3, -0.25) is 0 Å². The molecule has 0 saturated heterocycles. The standard InChI is InChI=1S/C16H27NO2/c1-12(2)10-19-16-8-6-15(7-9-16)14(4)17-13(3)11-18-5/h6-9,12-14,17H,10-11H2,1-5H3. The third-order valence-corrected chi connectivity index (χ3v) is 2.91. The summed E-state index contributed by atoms with van der Waals surface area (Å²) in [5, 5.41) is 3.50. The van der Waals surface area contributed by atoms with Crippen molar-refractivity contribution in [3.63, 3.8) is 0 Å². The fourth-order valence-corrected chi connectivity index (χ4v) is 1.94. The highest BCUT2D eigenvalue weighted by Crippen LogP contribution is 2.18. The molecule has 0 spiro atoms. The number of ether oxygens (including phenoxy) is 2. The van der Waals surface area contributed by atoms with Gasteiger partial charge in [0.05, 0.1) is 13.2 Å². The van der Waals surface area contributed by atoms with Gasteiger partial charge < -0.3 is 14.8 Å². The third kappa shape index (κ3) is 6.08. The maximum absolute atomic E-state index is 5.68. The van der Waals surface area contributed by atoms with E-state index in [4.69, 9.17) is 9.47 Å². The van der Waals surface area contributed by atoms with Crippen molar-refractivity contribution >= 4 is 0 Å². The molecular formula is C16H27NO2. The van der Waals surface area contributed by atoms with Crippen molar-refractivity contribution in [1.29, 1.82) is 0 Å². The fraction of sp³-hybridized carbons (Fsp3) is 0.625. The van der Waals surface area contributed by atoms with Crippen molar-refractivity contribution in [2.45, 2.75) is 39.8 Å². The molecule has 3 nitrogen and oxygen atoms in total. The molecule has 0 fully saturated rings. The second-order valence-corrected chi connectivity index (χ2v) is 5.52. The Morgan fingerprint density at radius 1 is 1.00 bits per heavy atom. The Morgan fingerprint density at radius 3 is 2.16 bits per heavy atom. The topological polar surface area (TPSA) is 30.5 Å². The zero-order valence-corrected chi connectivity index (χ0v) is 12.8. The summed E-state index contributed by atoms with van der Waals surface area (Å²) >= 11 is 0. The van der Waals surface area contributed by atoms with Crippen LogP contribution in [0, 0.1) is 5.92 Å². The zero-order chi connectivity index (χ0) is 14.3. The van der Waals surface area contributed by atoms with Crippen LogP contribution in [0.15, 0.2) is 24.3 Å². The number of methoxy groups -OCH3 is 1. The van der Waals surface area contributed by atoms with E-state index in [0.717, 1.165) is 19.0 Å². The average molecular weight is 265 g/mol. The lowest BCUT2D eigenvalue weighted by atomic mass is 10.1. The lowest BCUT2D eigenvalue weighted by molar-refractivity contribution is 0.167. The van der Waals surface area contributed by atoms with E-state index in [1.807, 2.05) is 12.1 Å². The van der Waals surface area contributed by atoms with Crippen LogP contribution in [0.1, 0.15) is 39.3 Å². The van der Waals surface area contributed by atoms with Crippen LogP contribution >= 0.6 is 0 Å². The first-order chi connectivity index (χ1) is 9.02. The van der Waals surface area contributed by atoms with Crippen molar-refractivity contribution in [3.05, 3.63) is 29.8 Å². The third-order valence-electron chi connectivity index (χ3n) is 2.91. The fourth-order valence-electron chi connectivity index (χ4n) is 1.94. The normalized spacial score (nSPS) is 14.4. The number of rotatable bonds is 8. The Hall–Kier alpha value is -1.06. The monoisotopic (exact) mass is 265 g/mol. The predicted octanol–water partition coefficient (Wildman–Crippen LogP) is 3.41. The van der Waals surface area contributed by atoms with Gasteiger partial charge in [-0.15, -0.1) is 0 Å². The van der Waals surface area contributed by atoms with Gasteiger partial charge in [0, 0.05) is 19.2 Å². The van der Waals surface area contributed by atoms with E-state index in [2.05, 4.69) is 45.1 Å². The molecule has 0 radical (unpaired) electrons. The molecule has 3 heteroatoms.